The molecule has 1 spiro atoms. The van der Waals surface area contributed by atoms with Crippen molar-refractivity contribution in [2.24, 2.45) is 0 Å². The first-order valence-electron chi connectivity index (χ1n) is 9.51. The zero-order valence-corrected chi connectivity index (χ0v) is 15.9. The van der Waals surface area contributed by atoms with Crippen molar-refractivity contribution in [3.63, 3.8) is 0 Å². The topological polar surface area (TPSA) is 17.1 Å². The Bertz CT molecular complexity index is 1130. The van der Waals surface area contributed by atoms with Gasteiger partial charge in [-0.1, -0.05) is 93.6 Å². The molecule has 1 atom stereocenters. The average molecular weight is 350 g/mol. The van der Waals surface area contributed by atoms with E-state index in [-0.39, 0.29) is 11.2 Å². The Hall–Kier alpha value is -2.93. The van der Waals surface area contributed by atoms with E-state index in [1.54, 1.807) is 6.08 Å². The smallest absolute Gasteiger partial charge is 0.175 e. The van der Waals surface area contributed by atoms with Gasteiger partial charge in [-0.3, -0.25) is 4.79 Å². The normalized spacial score (nSPS) is 19.7. The highest BCUT2D eigenvalue weighted by atomic mass is 16.1. The van der Waals surface area contributed by atoms with Crippen LogP contribution in [0.15, 0.2) is 72.8 Å². The van der Waals surface area contributed by atoms with E-state index in [4.69, 9.17) is 0 Å². The Kier molecular flexibility index (Phi) is 3.19. The van der Waals surface area contributed by atoms with Crippen LogP contribution in [0.4, 0.5) is 0 Å². The van der Waals surface area contributed by atoms with Gasteiger partial charge in [0.25, 0.3) is 0 Å². The molecule has 0 N–H and O–H groups in total. The average Bonchev–Trinajstić information content (AvgIpc) is 2.96. The molecule has 0 aromatic heterocycles. The fraction of sp³-hybridized carbons (Fsp3) is 0.192. The van der Waals surface area contributed by atoms with Gasteiger partial charge in [-0.05, 0) is 50.4 Å². The summed E-state index contributed by atoms with van der Waals surface area (Å²) < 4.78 is 0. The Labute approximate surface area is 160 Å². The van der Waals surface area contributed by atoms with Crippen molar-refractivity contribution in [3.05, 3.63) is 101 Å². The van der Waals surface area contributed by atoms with Crippen LogP contribution in [-0.2, 0) is 15.6 Å². The molecule has 0 amide bonds. The van der Waals surface area contributed by atoms with Crippen molar-refractivity contribution >= 4 is 11.9 Å². The van der Waals surface area contributed by atoms with Crippen LogP contribution in [0.5, 0.6) is 0 Å². The van der Waals surface area contributed by atoms with Gasteiger partial charge >= 0.3 is 0 Å². The third-order valence-electron chi connectivity index (χ3n) is 6.06. The van der Waals surface area contributed by atoms with Gasteiger partial charge in [0, 0.05) is 0 Å². The van der Waals surface area contributed by atoms with Crippen LogP contribution >= 0.6 is 0 Å². The van der Waals surface area contributed by atoms with E-state index < -0.39 is 5.41 Å². The van der Waals surface area contributed by atoms with Gasteiger partial charge in [0.2, 0.25) is 0 Å². The predicted molar refractivity (Wildman–Crippen MR) is 111 cm³/mol. The zero-order chi connectivity index (χ0) is 18.8. The van der Waals surface area contributed by atoms with Crippen molar-refractivity contribution < 1.29 is 4.79 Å². The van der Waals surface area contributed by atoms with Gasteiger partial charge in [0.05, 0.1) is 0 Å². The molecule has 0 saturated heterocycles. The summed E-state index contributed by atoms with van der Waals surface area (Å²) in [6, 6.07) is 23.4. The monoisotopic (exact) mass is 350 g/mol. The minimum atomic E-state index is -0.728. The number of carbonyl (C=O) groups excluding carboxylic acids is 1. The molecule has 3 aromatic carbocycles. The number of carbonyl (C=O) groups is 1. The van der Waals surface area contributed by atoms with E-state index in [2.05, 4.69) is 69.3 Å². The molecular weight excluding hydrogens is 328 g/mol. The third kappa shape index (κ3) is 2.03. The maximum atomic E-state index is 13.5. The maximum Gasteiger partial charge on any atom is 0.175 e. The molecule has 1 unspecified atom stereocenters. The zero-order valence-electron chi connectivity index (χ0n) is 15.9. The Morgan fingerprint density at radius 2 is 1.37 bits per heavy atom. The maximum absolute atomic E-state index is 13.5. The fourth-order valence-electron chi connectivity index (χ4n) is 4.71. The molecule has 0 heterocycles. The number of fused-ring (bicyclic) bond motifs is 7. The molecule has 0 saturated carbocycles. The second-order valence-corrected chi connectivity index (χ2v) is 8.59. The summed E-state index contributed by atoms with van der Waals surface area (Å²) in [7, 11) is 0. The molecule has 132 valence electrons. The lowest BCUT2D eigenvalue weighted by Gasteiger charge is -2.34. The number of hydrogen-bond acceptors (Lipinski definition) is 1. The van der Waals surface area contributed by atoms with Crippen molar-refractivity contribution in [1.82, 2.24) is 0 Å². The fourth-order valence-corrected chi connectivity index (χ4v) is 4.71. The van der Waals surface area contributed by atoms with Crippen molar-refractivity contribution in [1.29, 1.82) is 0 Å². The van der Waals surface area contributed by atoms with E-state index in [0.29, 0.717) is 0 Å². The van der Waals surface area contributed by atoms with Crippen molar-refractivity contribution in [2.75, 3.05) is 0 Å². The number of ketones is 1. The second kappa shape index (κ2) is 5.29. The molecule has 0 aliphatic heterocycles. The van der Waals surface area contributed by atoms with E-state index in [0.717, 1.165) is 22.3 Å². The number of benzene rings is 3. The molecule has 0 bridgehead atoms. The highest BCUT2D eigenvalue weighted by molar-refractivity contribution is 6.14. The predicted octanol–water partition coefficient (Wildman–Crippen LogP) is 5.89. The van der Waals surface area contributed by atoms with E-state index in [9.17, 15) is 4.79 Å². The Morgan fingerprint density at radius 1 is 0.704 bits per heavy atom. The standard InChI is InChI=1S/C26H22O/c1-25(2,3)18-13-14-23-20(16-18)19-9-5-7-11-22(19)26(23)21-10-6-4-8-17(21)12-15-24(26)27/h4-16H,1-3H3. The van der Waals surface area contributed by atoms with Crippen LogP contribution in [0.1, 0.15) is 48.6 Å². The molecular formula is C26H22O. The van der Waals surface area contributed by atoms with Gasteiger partial charge in [-0.2, -0.15) is 0 Å². The summed E-state index contributed by atoms with van der Waals surface area (Å²) in [5.41, 5.74) is 7.42. The first-order chi connectivity index (χ1) is 12.9. The van der Waals surface area contributed by atoms with Gasteiger partial charge in [-0.25, -0.2) is 0 Å². The van der Waals surface area contributed by atoms with E-state index >= 15 is 0 Å². The van der Waals surface area contributed by atoms with Crippen LogP contribution < -0.4 is 0 Å². The highest BCUT2D eigenvalue weighted by Crippen LogP contribution is 2.55. The first-order valence-corrected chi connectivity index (χ1v) is 9.51. The van der Waals surface area contributed by atoms with Crippen LogP contribution in [0.25, 0.3) is 17.2 Å². The molecule has 27 heavy (non-hydrogen) atoms. The number of hydrogen-bond donors (Lipinski definition) is 0. The summed E-state index contributed by atoms with van der Waals surface area (Å²) in [5, 5.41) is 0. The van der Waals surface area contributed by atoms with Crippen LogP contribution in [0.3, 0.4) is 0 Å². The second-order valence-electron chi connectivity index (χ2n) is 8.59. The summed E-state index contributed by atoms with van der Waals surface area (Å²) in [4.78, 5) is 13.5. The summed E-state index contributed by atoms with van der Waals surface area (Å²) in [6.45, 7) is 6.69. The quantitative estimate of drug-likeness (QED) is 0.494. The Morgan fingerprint density at radius 3 is 2.15 bits per heavy atom. The molecule has 0 radical (unpaired) electrons. The summed E-state index contributed by atoms with van der Waals surface area (Å²) >= 11 is 0. The van der Waals surface area contributed by atoms with Gasteiger partial charge in [0.1, 0.15) is 5.41 Å². The van der Waals surface area contributed by atoms with Crippen LogP contribution in [-0.4, -0.2) is 5.78 Å². The van der Waals surface area contributed by atoms with Crippen LogP contribution in [0.2, 0.25) is 0 Å². The van der Waals surface area contributed by atoms with Crippen molar-refractivity contribution in [3.8, 4) is 11.1 Å². The summed E-state index contributed by atoms with van der Waals surface area (Å²) in [5.74, 6) is 0.149. The van der Waals surface area contributed by atoms with Gasteiger partial charge in [0.15, 0.2) is 5.78 Å². The van der Waals surface area contributed by atoms with Crippen molar-refractivity contribution in [2.45, 2.75) is 31.6 Å². The number of allylic oxidation sites excluding steroid dienone is 1. The third-order valence-corrected chi connectivity index (χ3v) is 6.06. The molecule has 1 nitrogen and oxygen atoms in total. The lowest BCUT2D eigenvalue weighted by molar-refractivity contribution is -0.117. The highest BCUT2D eigenvalue weighted by Gasteiger charge is 2.51. The first kappa shape index (κ1) is 16.3. The molecule has 2 aliphatic carbocycles. The lowest BCUT2D eigenvalue weighted by Crippen LogP contribution is -2.37. The SMILES string of the molecule is CC(C)(C)c1ccc2c(c1)-c1ccccc1C21C(=O)C=Cc2ccccc21. The molecule has 0 fully saturated rings. The largest absolute Gasteiger partial charge is 0.293 e. The Balaban J connectivity index is 1.92. The van der Waals surface area contributed by atoms with Gasteiger partial charge < -0.3 is 0 Å². The number of rotatable bonds is 0. The van der Waals surface area contributed by atoms with E-state index in [1.165, 1.54) is 16.7 Å². The molecule has 2 aliphatic rings. The minimum Gasteiger partial charge on any atom is -0.293 e. The summed E-state index contributed by atoms with van der Waals surface area (Å²) in [6.07, 6.45) is 3.71. The molecule has 3 aromatic rings. The van der Waals surface area contributed by atoms with Crippen LogP contribution in [0, 0.1) is 0 Å². The molecule has 1 heteroatoms. The van der Waals surface area contributed by atoms with E-state index in [1.807, 2.05) is 24.3 Å². The minimum absolute atomic E-state index is 0.0636. The lowest BCUT2D eigenvalue weighted by atomic mass is 9.65. The molecule has 5 rings (SSSR count). The van der Waals surface area contributed by atoms with Gasteiger partial charge in [-0.15, -0.1) is 0 Å².